The molecule has 1 amide bonds. The minimum Gasteiger partial charge on any atom is -0.491 e. The van der Waals surface area contributed by atoms with E-state index >= 15 is 0 Å². The van der Waals surface area contributed by atoms with Crippen LogP contribution >= 0.6 is 0 Å². The molecule has 1 aliphatic rings. The van der Waals surface area contributed by atoms with Gasteiger partial charge in [-0.25, -0.2) is 4.79 Å². The van der Waals surface area contributed by atoms with Crippen molar-refractivity contribution in [2.75, 3.05) is 6.54 Å². The average molecular weight is 365 g/mol. The first kappa shape index (κ1) is 19.0. The highest BCUT2D eigenvalue weighted by atomic mass is 16.6. The molecule has 1 heterocycles. The van der Waals surface area contributed by atoms with E-state index in [1.54, 1.807) is 17.0 Å². The van der Waals surface area contributed by atoms with Crippen LogP contribution in [-0.2, 0) is 5.41 Å². The van der Waals surface area contributed by atoms with E-state index in [0.29, 0.717) is 12.3 Å². The first-order chi connectivity index (χ1) is 12.9. The van der Waals surface area contributed by atoms with Crippen LogP contribution < -0.4 is 9.47 Å². The molecule has 4 heteroatoms. The summed E-state index contributed by atoms with van der Waals surface area (Å²) in [6, 6.07) is 17.4. The Hall–Kier alpha value is -2.75. The fourth-order valence-electron chi connectivity index (χ4n) is 3.30. The van der Waals surface area contributed by atoms with Gasteiger partial charge < -0.3 is 9.47 Å². The molecule has 2 aromatic carbocycles. The topological polar surface area (TPSA) is 38.8 Å². The normalized spacial score (nSPS) is 22.0. The predicted octanol–water partition coefficient (Wildman–Crippen LogP) is 5.40. The van der Waals surface area contributed by atoms with Gasteiger partial charge in [-0.15, -0.1) is 0 Å². The van der Waals surface area contributed by atoms with Crippen molar-refractivity contribution >= 4 is 6.09 Å². The summed E-state index contributed by atoms with van der Waals surface area (Å²) in [6.45, 7) is 8.99. The lowest BCUT2D eigenvalue weighted by molar-refractivity contribution is 0.152. The van der Waals surface area contributed by atoms with Crippen LogP contribution in [0.4, 0.5) is 4.79 Å². The first-order valence-corrected chi connectivity index (χ1v) is 9.38. The van der Waals surface area contributed by atoms with Gasteiger partial charge in [-0.2, -0.15) is 0 Å². The fourth-order valence-corrected chi connectivity index (χ4v) is 3.30. The lowest BCUT2D eigenvalue weighted by Crippen LogP contribution is -2.43. The molecule has 0 N–H and O–H groups in total. The van der Waals surface area contributed by atoms with Crippen LogP contribution in [0.25, 0.3) is 0 Å². The Morgan fingerprint density at radius 3 is 2.48 bits per heavy atom. The zero-order valence-corrected chi connectivity index (χ0v) is 16.4. The Balaban J connectivity index is 1.77. The zero-order chi connectivity index (χ0) is 19.4. The third-order valence-electron chi connectivity index (χ3n) is 5.11. The quantitative estimate of drug-likeness (QED) is 0.728. The number of carbonyl (C=O) groups excluding carboxylic acids is 1. The van der Waals surface area contributed by atoms with Crippen molar-refractivity contribution in [3.05, 3.63) is 72.4 Å². The monoisotopic (exact) mass is 365 g/mol. The molecule has 1 aliphatic heterocycles. The summed E-state index contributed by atoms with van der Waals surface area (Å²) < 4.78 is 11.3. The fraction of sp³-hybridized carbons (Fsp3) is 0.348. The molecule has 0 saturated heterocycles. The molecule has 0 fully saturated rings. The standard InChI is InChI=1S/C23H27NO3/c1-17(2)26-21-12-8-9-19(15-21)23(4)13-14-24(16-18(23)3)22(25)27-20-10-6-5-7-11-20/h5-15,17-18H,16H2,1-4H3/t18-,23+/m0/s1. The van der Waals surface area contributed by atoms with Crippen LogP contribution in [0.2, 0.25) is 0 Å². The van der Waals surface area contributed by atoms with E-state index in [1.165, 1.54) is 5.56 Å². The maximum atomic E-state index is 12.5. The summed E-state index contributed by atoms with van der Waals surface area (Å²) in [7, 11) is 0. The number of rotatable bonds is 4. The van der Waals surface area contributed by atoms with E-state index in [-0.39, 0.29) is 23.5 Å². The number of ether oxygens (including phenoxy) is 2. The Bertz CT molecular complexity index is 815. The van der Waals surface area contributed by atoms with Gasteiger partial charge in [0, 0.05) is 18.2 Å². The van der Waals surface area contributed by atoms with E-state index in [0.717, 1.165) is 5.75 Å². The number of para-hydroxylation sites is 1. The predicted molar refractivity (Wildman–Crippen MR) is 107 cm³/mol. The third kappa shape index (κ3) is 4.33. The van der Waals surface area contributed by atoms with Gasteiger partial charge in [0.15, 0.2) is 0 Å². The van der Waals surface area contributed by atoms with Crippen molar-refractivity contribution in [2.24, 2.45) is 5.92 Å². The molecule has 2 atom stereocenters. The van der Waals surface area contributed by atoms with Crippen molar-refractivity contribution in [1.29, 1.82) is 0 Å². The summed E-state index contributed by atoms with van der Waals surface area (Å²) in [5.41, 5.74) is 1.00. The molecule has 0 bridgehead atoms. The average Bonchev–Trinajstić information content (AvgIpc) is 2.64. The van der Waals surface area contributed by atoms with Crippen molar-refractivity contribution in [3.8, 4) is 11.5 Å². The molecular weight excluding hydrogens is 338 g/mol. The van der Waals surface area contributed by atoms with E-state index in [2.05, 4.69) is 32.1 Å². The number of amides is 1. The van der Waals surface area contributed by atoms with Gasteiger partial charge in [0.1, 0.15) is 11.5 Å². The van der Waals surface area contributed by atoms with Crippen LogP contribution in [0.5, 0.6) is 11.5 Å². The molecule has 0 unspecified atom stereocenters. The number of hydrogen-bond donors (Lipinski definition) is 0. The molecule has 0 saturated carbocycles. The molecule has 0 aliphatic carbocycles. The number of hydrogen-bond acceptors (Lipinski definition) is 3. The number of nitrogens with zero attached hydrogens (tertiary/aromatic N) is 1. The molecule has 4 nitrogen and oxygen atoms in total. The zero-order valence-electron chi connectivity index (χ0n) is 16.4. The maximum Gasteiger partial charge on any atom is 0.419 e. The number of benzene rings is 2. The van der Waals surface area contributed by atoms with Gasteiger partial charge in [-0.3, -0.25) is 4.90 Å². The minimum atomic E-state index is -0.358. The van der Waals surface area contributed by atoms with Gasteiger partial charge >= 0.3 is 6.09 Å². The van der Waals surface area contributed by atoms with Gasteiger partial charge in [-0.05, 0) is 49.6 Å². The highest BCUT2D eigenvalue weighted by Crippen LogP contribution is 2.38. The summed E-state index contributed by atoms with van der Waals surface area (Å²) in [5, 5.41) is 0. The summed E-state index contributed by atoms with van der Waals surface area (Å²) in [5.74, 6) is 1.64. The first-order valence-electron chi connectivity index (χ1n) is 9.38. The highest BCUT2D eigenvalue weighted by molar-refractivity contribution is 5.72. The molecule has 2 aromatic rings. The Morgan fingerprint density at radius 1 is 1.11 bits per heavy atom. The molecule has 3 rings (SSSR count). The lowest BCUT2D eigenvalue weighted by Gasteiger charge is -2.40. The number of allylic oxidation sites excluding steroid dienone is 1. The Kier molecular flexibility index (Phi) is 5.54. The van der Waals surface area contributed by atoms with Crippen molar-refractivity contribution < 1.29 is 14.3 Å². The Morgan fingerprint density at radius 2 is 1.81 bits per heavy atom. The van der Waals surface area contributed by atoms with E-state index in [9.17, 15) is 4.79 Å². The van der Waals surface area contributed by atoms with Crippen LogP contribution in [0, 0.1) is 5.92 Å². The summed E-state index contributed by atoms with van der Waals surface area (Å²) >= 11 is 0. The second-order valence-electron chi connectivity index (χ2n) is 7.53. The van der Waals surface area contributed by atoms with Crippen LogP contribution in [0.3, 0.4) is 0 Å². The van der Waals surface area contributed by atoms with E-state index < -0.39 is 0 Å². The second-order valence-corrected chi connectivity index (χ2v) is 7.53. The van der Waals surface area contributed by atoms with Crippen molar-refractivity contribution in [2.45, 2.75) is 39.2 Å². The van der Waals surface area contributed by atoms with Crippen LogP contribution in [0.15, 0.2) is 66.9 Å². The Labute approximate surface area is 161 Å². The van der Waals surface area contributed by atoms with Gasteiger partial charge in [0.2, 0.25) is 0 Å². The molecule has 142 valence electrons. The van der Waals surface area contributed by atoms with Gasteiger partial charge in [0.05, 0.1) is 6.10 Å². The molecule has 0 aromatic heterocycles. The van der Waals surface area contributed by atoms with Gasteiger partial charge in [0.25, 0.3) is 0 Å². The van der Waals surface area contributed by atoms with E-state index in [1.807, 2.05) is 50.4 Å². The smallest absolute Gasteiger partial charge is 0.419 e. The van der Waals surface area contributed by atoms with Crippen LogP contribution in [-0.4, -0.2) is 23.6 Å². The second kappa shape index (κ2) is 7.87. The van der Waals surface area contributed by atoms with Crippen molar-refractivity contribution in [1.82, 2.24) is 4.90 Å². The maximum absolute atomic E-state index is 12.5. The largest absolute Gasteiger partial charge is 0.491 e. The lowest BCUT2D eigenvalue weighted by atomic mass is 9.71. The molecular formula is C23H27NO3. The SMILES string of the molecule is CC(C)Oc1cccc([C@]2(C)C=CN(C(=O)Oc3ccccc3)C[C@@H]2C)c1. The summed E-state index contributed by atoms with van der Waals surface area (Å²) in [4.78, 5) is 14.1. The minimum absolute atomic E-state index is 0.135. The molecule has 0 spiro atoms. The van der Waals surface area contributed by atoms with Crippen molar-refractivity contribution in [3.63, 3.8) is 0 Å². The van der Waals surface area contributed by atoms with E-state index in [4.69, 9.17) is 9.47 Å². The van der Waals surface area contributed by atoms with Gasteiger partial charge in [-0.1, -0.05) is 50.3 Å². The third-order valence-corrected chi connectivity index (χ3v) is 5.11. The highest BCUT2D eigenvalue weighted by Gasteiger charge is 2.36. The molecule has 0 radical (unpaired) electrons. The summed E-state index contributed by atoms with van der Waals surface area (Å²) in [6.07, 6.45) is 3.70. The van der Waals surface area contributed by atoms with Crippen LogP contribution in [0.1, 0.15) is 33.3 Å². The molecule has 27 heavy (non-hydrogen) atoms. The number of carbonyl (C=O) groups is 1.